The minimum atomic E-state index is -0.868. The fraction of sp³-hybridized carbons (Fsp3) is 0.512. The quantitative estimate of drug-likeness (QED) is 0.0248. The summed E-state index contributed by atoms with van der Waals surface area (Å²) in [5, 5.41) is 0. The number of unbranched alkanes of at least 4 members (excludes halogenated alkanes) is 5. The first-order chi connectivity index (χ1) is 24.0. The fourth-order valence-corrected chi connectivity index (χ4v) is 4.21. The molecule has 0 fully saturated rings. The van der Waals surface area contributed by atoms with Gasteiger partial charge in [-0.15, -0.1) is 0 Å². The number of carbonyl (C=O) groups is 3. The first-order valence-electron chi connectivity index (χ1n) is 18.4. The van der Waals surface area contributed by atoms with Crippen LogP contribution >= 0.6 is 0 Å². The predicted octanol–water partition coefficient (Wildman–Crippen LogP) is 11.3. The molecule has 0 bridgehead atoms. The van der Waals surface area contributed by atoms with Crippen molar-refractivity contribution in [3.63, 3.8) is 0 Å². The van der Waals surface area contributed by atoms with Crippen molar-refractivity contribution in [2.75, 3.05) is 13.2 Å². The summed E-state index contributed by atoms with van der Waals surface area (Å²) in [6.45, 7) is 5.99. The van der Waals surface area contributed by atoms with E-state index in [1.54, 1.807) is 12.2 Å². The Morgan fingerprint density at radius 2 is 0.898 bits per heavy atom. The van der Waals surface area contributed by atoms with E-state index in [1.807, 2.05) is 36.5 Å². The minimum Gasteiger partial charge on any atom is -0.462 e. The summed E-state index contributed by atoms with van der Waals surface area (Å²) in [4.78, 5) is 37.2. The maximum atomic E-state index is 12.5. The molecule has 0 aliphatic carbocycles. The summed E-state index contributed by atoms with van der Waals surface area (Å²) < 4.78 is 16.3. The predicted molar refractivity (Wildman–Crippen MR) is 205 cm³/mol. The molecule has 0 N–H and O–H groups in total. The SMILES string of the molecule is CC\C=C/C=C\C=C/CCCCCCCC(=O)OCC(COC(=O)C/C=C\C/C=C\C/C=C\CC)OC(=O)C/C=C\C/C=C\C/C=C\CC. The highest BCUT2D eigenvalue weighted by molar-refractivity contribution is 5.72. The third kappa shape index (κ3) is 35.2. The van der Waals surface area contributed by atoms with Gasteiger partial charge < -0.3 is 14.2 Å². The van der Waals surface area contributed by atoms with Crippen LogP contribution in [0.3, 0.4) is 0 Å². The van der Waals surface area contributed by atoms with E-state index in [2.05, 4.69) is 81.5 Å². The van der Waals surface area contributed by atoms with Crippen LogP contribution in [0, 0.1) is 0 Å². The Hall–Kier alpha value is -3.93. The first kappa shape index (κ1) is 45.1. The molecule has 0 spiro atoms. The van der Waals surface area contributed by atoms with Gasteiger partial charge in [-0.3, -0.25) is 14.4 Å². The molecule has 0 saturated carbocycles. The largest absolute Gasteiger partial charge is 0.462 e. The maximum absolute atomic E-state index is 12.5. The molecule has 0 heterocycles. The highest BCUT2D eigenvalue weighted by atomic mass is 16.6. The van der Waals surface area contributed by atoms with Gasteiger partial charge in [0.2, 0.25) is 0 Å². The Bertz CT molecular complexity index is 1100. The monoisotopic (exact) mass is 676 g/mol. The van der Waals surface area contributed by atoms with Gasteiger partial charge in [0.15, 0.2) is 6.10 Å². The van der Waals surface area contributed by atoms with Crippen molar-refractivity contribution in [3.05, 3.63) is 109 Å². The summed E-state index contributed by atoms with van der Waals surface area (Å²) >= 11 is 0. The number of esters is 3. The van der Waals surface area contributed by atoms with E-state index in [1.165, 1.54) is 0 Å². The highest BCUT2D eigenvalue weighted by Crippen LogP contribution is 2.09. The average molecular weight is 677 g/mol. The van der Waals surface area contributed by atoms with E-state index in [0.717, 1.165) is 83.5 Å². The van der Waals surface area contributed by atoms with Crippen LogP contribution in [0.5, 0.6) is 0 Å². The third-order valence-electron chi connectivity index (χ3n) is 6.88. The molecule has 0 aromatic rings. The van der Waals surface area contributed by atoms with Crippen molar-refractivity contribution < 1.29 is 28.6 Å². The molecule has 0 aliphatic heterocycles. The van der Waals surface area contributed by atoms with E-state index < -0.39 is 18.0 Å². The molecular weight excluding hydrogens is 612 g/mol. The van der Waals surface area contributed by atoms with Gasteiger partial charge in [-0.05, 0) is 64.2 Å². The Balaban J connectivity index is 4.61. The maximum Gasteiger partial charge on any atom is 0.310 e. The zero-order valence-electron chi connectivity index (χ0n) is 30.6. The normalized spacial score (nSPS) is 13.3. The first-order valence-corrected chi connectivity index (χ1v) is 18.4. The molecule has 0 aromatic heterocycles. The molecule has 0 aromatic carbocycles. The van der Waals surface area contributed by atoms with Crippen LogP contribution in [-0.2, 0) is 28.6 Å². The van der Waals surface area contributed by atoms with E-state index >= 15 is 0 Å². The number of hydrogen-bond acceptors (Lipinski definition) is 6. The van der Waals surface area contributed by atoms with Crippen molar-refractivity contribution in [2.24, 2.45) is 0 Å². The molecule has 0 amide bonds. The number of allylic oxidation sites excluding steroid dienone is 16. The number of ether oxygens (including phenoxy) is 3. The lowest BCUT2D eigenvalue weighted by atomic mass is 10.1. The van der Waals surface area contributed by atoms with Crippen molar-refractivity contribution >= 4 is 17.9 Å². The van der Waals surface area contributed by atoms with Crippen LogP contribution in [0.1, 0.15) is 124 Å². The van der Waals surface area contributed by atoms with Gasteiger partial charge in [-0.25, -0.2) is 0 Å². The van der Waals surface area contributed by atoms with Gasteiger partial charge in [-0.2, -0.15) is 0 Å². The number of hydrogen-bond donors (Lipinski definition) is 0. The molecule has 6 nitrogen and oxygen atoms in total. The molecule has 1 atom stereocenters. The lowest BCUT2D eigenvalue weighted by Crippen LogP contribution is -2.30. The van der Waals surface area contributed by atoms with Crippen molar-refractivity contribution in [1.29, 1.82) is 0 Å². The molecule has 0 aliphatic rings. The smallest absolute Gasteiger partial charge is 0.310 e. The standard InChI is InChI=1S/C43H64O6/c1-4-7-10-13-16-19-20-21-22-25-27-30-33-36-42(45)48-39-40(49-43(46)37-34-31-28-24-18-15-12-9-6-3)38-47-41(44)35-32-29-26-23-17-14-11-8-5-2/h7-13,16-20,23-24,29,31-32,34,40H,4-6,14-15,21-22,25-28,30,33,35-39H2,1-3H3/b10-7-,11-8-,12-9-,16-13-,20-19-,23-17-,24-18-,32-29-,34-31-. The lowest BCUT2D eigenvalue weighted by Gasteiger charge is -2.17. The summed E-state index contributed by atoms with van der Waals surface area (Å²) in [6.07, 6.45) is 48.6. The Morgan fingerprint density at radius 1 is 0.449 bits per heavy atom. The van der Waals surface area contributed by atoms with Gasteiger partial charge in [0.25, 0.3) is 0 Å². The van der Waals surface area contributed by atoms with Crippen LogP contribution in [0.15, 0.2) is 109 Å². The second-order valence-corrected chi connectivity index (χ2v) is 11.4. The van der Waals surface area contributed by atoms with Gasteiger partial charge in [0.1, 0.15) is 13.2 Å². The average Bonchev–Trinajstić information content (AvgIpc) is 3.10. The minimum absolute atomic E-state index is 0.0786. The van der Waals surface area contributed by atoms with E-state index in [-0.39, 0.29) is 32.0 Å². The molecule has 0 rings (SSSR count). The Labute approximate surface area is 298 Å². The molecule has 272 valence electrons. The topological polar surface area (TPSA) is 78.9 Å². The van der Waals surface area contributed by atoms with Crippen LogP contribution in [0.2, 0.25) is 0 Å². The van der Waals surface area contributed by atoms with Crippen molar-refractivity contribution in [1.82, 2.24) is 0 Å². The van der Waals surface area contributed by atoms with E-state index in [4.69, 9.17) is 14.2 Å². The zero-order valence-corrected chi connectivity index (χ0v) is 30.6. The molecule has 0 radical (unpaired) electrons. The second-order valence-electron chi connectivity index (χ2n) is 11.4. The van der Waals surface area contributed by atoms with Crippen LogP contribution < -0.4 is 0 Å². The Morgan fingerprint density at radius 3 is 1.47 bits per heavy atom. The summed E-state index contributed by atoms with van der Waals surface area (Å²) in [5.41, 5.74) is 0. The van der Waals surface area contributed by atoms with Crippen molar-refractivity contribution in [2.45, 2.75) is 130 Å². The lowest BCUT2D eigenvalue weighted by molar-refractivity contribution is -0.166. The second kappa shape index (κ2) is 36.9. The molecule has 1 unspecified atom stereocenters. The summed E-state index contributed by atoms with van der Waals surface area (Å²) in [7, 11) is 0. The zero-order chi connectivity index (χ0) is 35.9. The van der Waals surface area contributed by atoms with Gasteiger partial charge in [-0.1, -0.05) is 149 Å². The Kier molecular flexibility index (Phi) is 33.9. The summed E-state index contributed by atoms with van der Waals surface area (Å²) in [6, 6.07) is 0. The fourth-order valence-electron chi connectivity index (χ4n) is 4.21. The van der Waals surface area contributed by atoms with Gasteiger partial charge in [0, 0.05) is 6.42 Å². The number of carbonyl (C=O) groups excluding carboxylic acids is 3. The van der Waals surface area contributed by atoms with Crippen LogP contribution in [0.25, 0.3) is 0 Å². The van der Waals surface area contributed by atoms with Crippen LogP contribution in [0.4, 0.5) is 0 Å². The molecule has 0 saturated heterocycles. The summed E-state index contributed by atoms with van der Waals surface area (Å²) in [5.74, 6) is -1.25. The van der Waals surface area contributed by atoms with Crippen LogP contribution in [-0.4, -0.2) is 37.2 Å². The highest BCUT2D eigenvalue weighted by Gasteiger charge is 2.18. The molecule has 6 heteroatoms. The molecule has 49 heavy (non-hydrogen) atoms. The van der Waals surface area contributed by atoms with E-state index in [0.29, 0.717) is 6.42 Å². The third-order valence-corrected chi connectivity index (χ3v) is 6.88. The van der Waals surface area contributed by atoms with Gasteiger partial charge in [0.05, 0.1) is 12.8 Å². The molecular formula is C43H64O6. The van der Waals surface area contributed by atoms with Gasteiger partial charge >= 0.3 is 17.9 Å². The van der Waals surface area contributed by atoms with Crippen molar-refractivity contribution in [3.8, 4) is 0 Å². The number of rotatable bonds is 30. The van der Waals surface area contributed by atoms with E-state index in [9.17, 15) is 14.4 Å².